The molecule has 1 atom stereocenters. The first kappa shape index (κ1) is 23.9. The summed E-state index contributed by atoms with van der Waals surface area (Å²) in [5.41, 5.74) is 1.11. The lowest BCUT2D eigenvalue weighted by Crippen LogP contribution is -2.45. The Balaban J connectivity index is 1.49. The molecule has 4 rings (SSSR count). The Hall–Kier alpha value is -4.22. The second-order valence-corrected chi connectivity index (χ2v) is 7.83. The molecular weight excluding hydrogens is 467 g/mol. The number of hydrogen-bond acceptors (Lipinski definition) is 4. The lowest BCUT2D eigenvalue weighted by atomic mass is 10.2. The van der Waals surface area contributed by atoms with Crippen molar-refractivity contribution in [3.8, 4) is 5.75 Å². The van der Waals surface area contributed by atoms with E-state index in [1.54, 1.807) is 24.3 Å². The molecule has 2 heterocycles. The van der Waals surface area contributed by atoms with Gasteiger partial charge >= 0.3 is 18.4 Å². The largest absolute Gasteiger partial charge is 0.573 e. The summed E-state index contributed by atoms with van der Waals surface area (Å²) < 4.78 is 42.7. The predicted octanol–water partition coefficient (Wildman–Crippen LogP) is 4.36. The molecule has 3 N–H and O–H groups in total. The fourth-order valence-electron chi connectivity index (χ4n) is 4.03. The van der Waals surface area contributed by atoms with Crippen molar-refractivity contribution in [1.29, 1.82) is 0 Å². The van der Waals surface area contributed by atoms with Gasteiger partial charge in [0, 0.05) is 36.9 Å². The molecular formula is C23H22F3N5O4. The minimum absolute atomic E-state index is 0.109. The molecule has 1 fully saturated rings. The van der Waals surface area contributed by atoms with Gasteiger partial charge in [0.25, 0.3) is 0 Å². The minimum Gasteiger partial charge on any atom is -0.406 e. The molecule has 0 radical (unpaired) electrons. The van der Waals surface area contributed by atoms with E-state index in [1.807, 2.05) is 0 Å². The Kier molecular flexibility index (Phi) is 6.54. The lowest BCUT2D eigenvalue weighted by Gasteiger charge is -2.24. The number of rotatable bonds is 4. The molecule has 1 aliphatic rings. The van der Waals surface area contributed by atoms with Gasteiger partial charge in [-0.1, -0.05) is 24.3 Å². The highest BCUT2D eigenvalue weighted by Crippen LogP contribution is 2.28. The number of benzene rings is 2. The molecule has 184 valence electrons. The molecule has 3 aromatic rings. The molecule has 1 aromatic heterocycles. The summed E-state index contributed by atoms with van der Waals surface area (Å²) in [7, 11) is 1.49. The number of likely N-dealkylation sites (tertiary alicyclic amines) is 1. The van der Waals surface area contributed by atoms with E-state index in [9.17, 15) is 27.6 Å². The standard InChI is InChI=1S/C23H22F3N5O4/c1-27-21(33)31-13-17(16-8-2-3-9-18(16)31)29-22(34)30-11-5-10-19(30)20(32)28-14-6-4-7-15(12-14)35-23(24,25)26/h2-4,6-9,12-13,19H,5,10-11H2,1H3,(H,27,33)(H,28,32)(H,29,34)/t19-/m0/s1. The van der Waals surface area contributed by atoms with Crippen molar-refractivity contribution in [2.45, 2.75) is 25.2 Å². The van der Waals surface area contributed by atoms with Gasteiger partial charge in [0.2, 0.25) is 5.91 Å². The van der Waals surface area contributed by atoms with Crippen LogP contribution in [0.5, 0.6) is 5.75 Å². The van der Waals surface area contributed by atoms with Gasteiger partial charge in [-0.15, -0.1) is 13.2 Å². The number of ether oxygens (including phenoxy) is 1. The van der Waals surface area contributed by atoms with Gasteiger partial charge in [-0.05, 0) is 31.0 Å². The van der Waals surface area contributed by atoms with Gasteiger partial charge in [-0.25, -0.2) is 9.59 Å². The number of urea groups is 1. The van der Waals surface area contributed by atoms with Gasteiger partial charge in [0.15, 0.2) is 0 Å². The third kappa shape index (κ3) is 5.31. The number of aromatic nitrogens is 1. The molecule has 4 amide bonds. The number of hydrogen-bond donors (Lipinski definition) is 3. The minimum atomic E-state index is -4.86. The van der Waals surface area contributed by atoms with Crippen LogP contribution in [0.2, 0.25) is 0 Å². The Bertz CT molecular complexity index is 1270. The normalized spacial score (nSPS) is 15.7. The second kappa shape index (κ2) is 9.57. The first-order valence-electron chi connectivity index (χ1n) is 10.7. The quantitative estimate of drug-likeness (QED) is 0.507. The number of anilines is 2. The number of halogens is 3. The number of carbonyl (C=O) groups excluding carboxylic acids is 3. The zero-order valence-electron chi connectivity index (χ0n) is 18.6. The van der Waals surface area contributed by atoms with Crippen LogP contribution < -0.4 is 20.7 Å². The first-order chi connectivity index (χ1) is 16.7. The number of carbonyl (C=O) groups is 3. The zero-order chi connectivity index (χ0) is 25.2. The van der Waals surface area contributed by atoms with Gasteiger partial charge < -0.3 is 25.6 Å². The van der Waals surface area contributed by atoms with E-state index in [-0.39, 0.29) is 11.7 Å². The monoisotopic (exact) mass is 489 g/mol. The maximum atomic E-state index is 13.1. The van der Waals surface area contributed by atoms with E-state index < -0.39 is 30.1 Å². The molecule has 0 aliphatic carbocycles. The zero-order valence-corrected chi connectivity index (χ0v) is 18.6. The maximum Gasteiger partial charge on any atom is 0.573 e. The predicted molar refractivity (Wildman–Crippen MR) is 122 cm³/mol. The van der Waals surface area contributed by atoms with Crippen molar-refractivity contribution in [3.05, 3.63) is 54.7 Å². The highest BCUT2D eigenvalue weighted by molar-refractivity contribution is 6.06. The molecule has 0 spiro atoms. The van der Waals surface area contributed by atoms with E-state index in [0.717, 1.165) is 12.1 Å². The van der Waals surface area contributed by atoms with E-state index >= 15 is 0 Å². The number of alkyl halides is 3. The van der Waals surface area contributed by atoms with Crippen molar-refractivity contribution >= 4 is 40.2 Å². The van der Waals surface area contributed by atoms with E-state index in [2.05, 4.69) is 20.7 Å². The van der Waals surface area contributed by atoms with Crippen molar-refractivity contribution < 1.29 is 32.3 Å². The van der Waals surface area contributed by atoms with Crippen molar-refractivity contribution in [2.24, 2.45) is 0 Å². The lowest BCUT2D eigenvalue weighted by molar-refractivity contribution is -0.274. The summed E-state index contributed by atoms with van der Waals surface area (Å²) in [6, 6.07) is 10.2. The van der Waals surface area contributed by atoms with Crippen molar-refractivity contribution in [3.63, 3.8) is 0 Å². The van der Waals surface area contributed by atoms with Crippen LogP contribution in [0, 0.1) is 0 Å². The number of para-hydroxylation sites is 1. The van der Waals surface area contributed by atoms with Gasteiger partial charge in [0.05, 0.1) is 11.2 Å². The Morgan fingerprint density at radius 2 is 1.80 bits per heavy atom. The molecule has 12 heteroatoms. The molecule has 2 aromatic carbocycles. The van der Waals surface area contributed by atoms with Gasteiger partial charge in [-0.3, -0.25) is 9.36 Å². The van der Waals surface area contributed by atoms with Crippen LogP contribution in [0.4, 0.5) is 34.1 Å². The van der Waals surface area contributed by atoms with Crippen LogP contribution in [0.1, 0.15) is 12.8 Å². The first-order valence-corrected chi connectivity index (χ1v) is 10.7. The van der Waals surface area contributed by atoms with Gasteiger partial charge in [-0.2, -0.15) is 0 Å². The Morgan fingerprint density at radius 3 is 2.54 bits per heavy atom. The summed E-state index contributed by atoms with van der Waals surface area (Å²) in [6.45, 7) is 0.315. The molecule has 1 saturated heterocycles. The maximum absolute atomic E-state index is 13.1. The summed E-state index contributed by atoms with van der Waals surface area (Å²) in [5, 5.41) is 8.50. The van der Waals surface area contributed by atoms with E-state index in [1.165, 1.54) is 34.8 Å². The number of nitrogens with one attached hydrogen (secondary N) is 3. The molecule has 0 unspecified atom stereocenters. The summed E-state index contributed by atoms with van der Waals surface area (Å²) in [5.74, 6) is -1.00. The number of fused-ring (bicyclic) bond motifs is 1. The second-order valence-electron chi connectivity index (χ2n) is 7.83. The van der Waals surface area contributed by atoms with Crippen molar-refractivity contribution in [2.75, 3.05) is 24.2 Å². The van der Waals surface area contributed by atoms with Crippen LogP contribution in [0.15, 0.2) is 54.7 Å². The highest BCUT2D eigenvalue weighted by atomic mass is 19.4. The smallest absolute Gasteiger partial charge is 0.406 e. The molecule has 0 saturated carbocycles. The average molecular weight is 489 g/mol. The average Bonchev–Trinajstić information content (AvgIpc) is 3.43. The third-order valence-corrected chi connectivity index (χ3v) is 5.54. The van der Waals surface area contributed by atoms with Crippen LogP contribution in [-0.2, 0) is 4.79 Å². The third-order valence-electron chi connectivity index (χ3n) is 5.54. The van der Waals surface area contributed by atoms with Gasteiger partial charge in [0.1, 0.15) is 11.8 Å². The summed E-state index contributed by atoms with van der Waals surface area (Å²) >= 11 is 0. The highest BCUT2D eigenvalue weighted by Gasteiger charge is 2.35. The SMILES string of the molecule is CNC(=O)n1cc(NC(=O)N2CCC[C@H]2C(=O)Nc2cccc(OC(F)(F)F)c2)c2ccccc21. The Morgan fingerprint density at radius 1 is 1.03 bits per heavy atom. The molecule has 0 bridgehead atoms. The van der Waals surface area contributed by atoms with Crippen LogP contribution in [0.25, 0.3) is 10.9 Å². The number of amides is 4. The van der Waals surface area contributed by atoms with Crippen LogP contribution in [0.3, 0.4) is 0 Å². The van der Waals surface area contributed by atoms with Crippen LogP contribution >= 0.6 is 0 Å². The summed E-state index contributed by atoms with van der Waals surface area (Å²) in [6.07, 6.45) is -2.40. The molecule has 9 nitrogen and oxygen atoms in total. The fraction of sp³-hybridized carbons (Fsp3) is 0.261. The fourth-order valence-corrected chi connectivity index (χ4v) is 4.03. The summed E-state index contributed by atoms with van der Waals surface area (Å²) in [4.78, 5) is 39.5. The van der Waals surface area contributed by atoms with E-state index in [0.29, 0.717) is 36.0 Å². The number of nitrogens with zero attached hydrogens (tertiary/aromatic N) is 2. The van der Waals surface area contributed by atoms with Crippen LogP contribution in [-0.4, -0.2) is 53.4 Å². The molecule has 35 heavy (non-hydrogen) atoms. The Labute approximate surface area is 197 Å². The van der Waals surface area contributed by atoms with E-state index in [4.69, 9.17) is 0 Å². The van der Waals surface area contributed by atoms with Crippen molar-refractivity contribution in [1.82, 2.24) is 14.8 Å². The molecule has 1 aliphatic heterocycles. The topological polar surface area (TPSA) is 105 Å².